The lowest BCUT2D eigenvalue weighted by atomic mass is 10.1. The average molecular weight is 452 g/mol. The lowest BCUT2D eigenvalue weighted by Gasteiger charge is -2.18. The van der Waals surface area contributed by atoms with Crippen LogP contribution in [0.1, 0.15) is 11.1 Å². The Morgan fingerprint density at radius 3 is 2.59 bits per heavy atom. The van der Waals surface area contributed by atoms with Gasteiger partial charge in [0.15, 0.2) is 10.8 Å². The van der Waals surface area contributed by atoms with Gasteiger partial charge in [0.05, 0.1) is 22.3 Å². The number of hydrogen-bond donors (Lipinski definition) is 1. The normalized spacial score (nSPS) is 10.9. The van der Waals surface area contributed by atoms with E-state index >= 15 is 0 Å². The van der Waals surface area contributed by atoms with Crippen LogP contribution in [0.2, 0.25) is 10.0 Å². The van der Waals surface area contributed by atoms with Crippen LogP contribution in [0, 0.1) is 13.8 Å². The molecule has 0 aliphatic carbocycles. The molecule has 0 saturated heterocycles. The number of nitrogens with one attached hydrogen (secondary N) is 1. The van der Waals surface area contributed by atoms with Crippen LogP contribution in [0.4, 0.5) is 5.69 Å². The molecule has 0 saturated carbocycles. The molecule has 152 valence electrons. The number of pyridine rings is 1. The van der Waals surface area contributed by atoms with Crippen LogP contribution in [0.25, 0.3) is 5.65 Å². The number of aromatic nitrogens is 3. The fraction of sp³-hybridized carbons (Fsp3) is 0.263. The van der Waals surface area contributed by atoms with Crippen molar-refractivity contribution in [1.29, 1.82) is 0 Å². The van der Waals surface area contributed by atoms with Crippen LogP contribution in [0.15, 0.2) is 35.6 Å². The zero-order chi connectivity index (χ0) is 21.1. The molecular formula is C19H19Cl2N5O2S. The van der Waals surface area contributed by atoms with E-state index in [0.29, 0.717) is 20.8 Å². The molecule has 3 aromatic rings. The monoisotopic (exact) mass is 451 g/mol. The van der Waals surface area contributed by atoms with Gasteiger partial charge in [-0.1, -0.05) is 53.2 Å². The molecule has 0 unspecified atom stereocenters. The third kappa shape index (κ3) is 5.01. The first kappa shape index (κ1) is 21.4. The average Bonchev–Trinajstić information content (AvgIpc) is 3.06. The van der Waals surface area contributed by atoms with Gasteiger partial charge >= 0.3 is 0 Å². The molecule has 2 aromatic heterocycles. The van der Waals surface area contributed by atoms with Crippen LogP contribution in [0.3, 0.4) is 0 Å². The maximum atomic E-state index is 12.4. The van der Waals surface area contributed by atoms with Gasteiger partial charge < -0.3 is 10.2 Å². The number of hydrogen-bond acceptors (Lipinski definition) is 5. The number of benzene rings is 1. The first-order valence-corrected chi connectivity index (χ1v) is 10.4. The number of fused-ring (bicyclic) bond motifs is 1. The maximum Gasteiger partial charge on any atom is 0.243 e. The Bertz CT molecular complexity index is 1070. The molecule has 7 nitrogen and oxygen atoms in total. The Morgan fingerprint density at radius 2 is 1.90 bits per heavy atom. The van der Waals surface area contributed by atoms with E-state index in [4.69, 9.17) is 23.2 Å². The minimum atomic E-state index is -0.255. The summed E-state index contributed by atoms with van der Waals surface area (Å²) in [4.78, 5) is 26.2. The second-order valence-electron chi connectivity index (χ2n) is 6.54. The van der Waals surface area contributed by atoms with Crippen molar-refractivity contribution in [2.75, 3.05) is 24.7 Å². The molecular weight excluding hydrogens is 433 g/mol. The SMILES string of the molecule is Cc1cccc(C)c1NC(=O)CN(C)C(=O)CSc1nnc2c(Cl)cc(Cl)cn12. The van der Waals surface area contributed by atoms with E-state index in [1.807, 2.05) is 32.0 Å². The number of anilines is 1. The van der Waals surface area contributed by atoms with E-state index in [2.05, 4.69) is 15.5 Å². The lowest BCUT2D eigenvalue weighted by molar-refractivity contribution is -0.131. The number of para-hydroxylation sites is 1. The molecule has 29 heavy (non-hydrogen) atoms. The van der Waals surface area contributed by atoms with Crippen LogP contribution in [-0.4, -0.2) is 50.7 Å². The van der Waals surface area contributed by atoms with Crippen molar-refractivity contribution in [2.45, 2.75) is 19.0 Å². The number of thioether (sulfide) groups is 1. The zero-order valence-corrected chi connectivity index (χ0v) is 18.4. The predicted octanol–water partition coefficient (Wildman–Crippen LogP) is 3.84. The van der Waals surface area contributed by atoms with Crippen molar-refractivity contribution in [1.82, 2.24) is 19.5 Å². The third-order valence-corrected chi connectivity index (χ3v) is 5.68. The molecule has 0 spiro atoms. The molecule has 2 heterocycles. The summed E-state index contributed by atoms with van der Waals surface area (Å²) < 4.78 is 1.64. The maximum absolute atomic E-state index is 12.4. The van der Waals surface area contributed by atoms with Crippen molar-refractivity contribution in [3.05, 3.63) is 51.6 Å². The summed E-state index contributed by atoms with van der Waals surface area (Å²) in [7, 11) is 1.59. The van der Waals surface area contributed by atoms with E-state index in [1.54, 1.807) is 23.7 Å². The number of rotatable bonds is 6. The summed E-state index contributed by atoms with van der Waals surface area (Å²) in [5.41, 5.74) is 3.18. The first-order valence-electron chi connectivity index (χ1n) is 8.69. The number of nitrogens with zero attached hydrogens (tertiary/aromatic N) is 4. The zero-order valence-electron chi connectivity index (χ0n) is 16.1. The van der Waals surface area contributed by atoms with E-state index in [9.17, 15) is 9.59 Å². The highest BCUT2D eigenvalue weighted by Crippen LogP contribution is 2.25. The molecule has 0 bridgehead atoms. The molecule has 3 rings (SSSR count). The molecule has 0 aliphatic rings. The number of carbonyl (C=O) groups is 2. The summed E-state index contributed by atoms with van der Waals surface area (Å²) >= 11 is 13.3. The van der Waals surface area contributed by atoms with Crippen molar-refractivity contribution in [2.24, 2.45) is 0 Å². The Hall–Kier alpha value is -2.29. The van der Waals surface area contributed by atoms with Crippen LogP contribution in [-0.2, 0) is 9.59 Å². The lowest BCUT2D eigenvalue weighted by Crippen LogP contribution is -2.36. The Kier molecular flexibility index (Phi) is 6.66. The van der Waals surface area contributed by atoms with Gasteiger partial charge in [-0.25, -0.2) is 0 Å². The minimum absolute atomic E-state index is 0.0502. The van der Waals surface area contributed by atoms with Gasteiger partial charge in [-0.3, -0.25) is 14.0 Å². The van der Waals surface area contributed by atoms with Crippen molar-refractivity contribution in [3.63, 3.8) is 0 Å². The van der Waals surface area contributed by atoms with Crippen molar-refractivity contribution in [3.8, 4) is 0 Å². The van der Waals surface area contributed by atoms with Crippen LogP contribution in [0.5, 0.6) is 0 Å². The Balaban J connectivity index is 1.59. The molecule has 0 atom stereocenters. The Morgan fingerprint density at radius 1 is 1.21 bits per heavy atom. The van der Waals surface area contributed by atoms with Crippen molar-refractivity contribution < 1.29 is 9.59 Å². The number of halogens is 2. The number of likely N-dealkylation sites (N-methyl/N-ethyl adjacent to an activating group) is 1. The van der Waals surface area contributed by atoms with Crippen molar-refractivity contribution >= 4 is 58.1 Å². The summed E-state index contributed by atoms with van der Waals surface area (Å²) in [5.74, 6) is -0.371. The fourth-order valence-electron chi connectivity index (χ4n) is 2.73. The summed E-state index contributed by atoms with van der Waals surface area (Å²) in [6, 6.07) is 7.36. The molecule has 10 heteroatoms. The quantitative estimate of drug-likeness (QED) is 0.575. The highest BCUT2D eigenvalue weighted by molar-refractivity contribution is 7.99. The van der Waals surface area contributed by atoms with Gasteiger partial charge in [-0.2, -0.15) is 0 Å². The van der Waals surface area contributed by atoms with Crippen LogP contribution < -0.4 is 5.32 Å². The highest BCUT2D eigenvalue weighted by Gasteiger charge is 2.17. The molecule has 0 fully saturated rings. The van der Waals surface area contributed by atoms with E-state index in [1.165, 1.54) is 16.7 Å². The molecule has 1 N–H and O–H groups in total. The standard InChI is InChI=1S/C19H19Cl2N5O2S/c1-11-5-4-6-12(2)17(11)22-15(27)9-25(3)16(28)10-29-19-24-23-18-14(21)7-13(20)8-26(18)19/h4-8H,9-10H2,1-3H3,(H,22,27). The first-order chi connectivity index (χ1) is 13.8. The second-order valence-corrected chi connectivity index (χ2v) is 8.32. The van der Waals surface area contributed by atoms with Gasteiger partial charge in [0.2, 0.25) is 11.8 Å². The molecule has 0 aliphatic heterocycles. The number of carbonyl (C=O) groups excluding carboxylic acids is 2. The van der Waals surface area contributed by atoms with Gasteiger partial charge in [-0.05, 0) is 31.0 Å². The van der Waals surface area contributed by atoms with Gasteiger partial charge in [0.25, 0.3) is 0 Å². The fourth-order valence-corrected chi connectivity index (χ4v) is 4.09. The predicted molar refractivity (Wildman–Crippen MR) is 116 cm³/mol. The van der Waals surface area contributed by atoms with Crippen LogP contribution >= 0.6 is 35.0 Å². The van der Waals surface area contributed by atoms with E-state index < -0.39 is 0 Å². The highest BCUT2D eigenvalue weighted by atomic mass is 35.5. The topological polar surface area (TPSA) is 79.6 Å². The summed E-state index contributed by atoms with van der Waals surface area (Å²) in [6.45, 7) is 3.80. The third-order valence-electron chi connectivity index (χ3n) is 4.27. The van der Waals surface area contributed by atoms with Gasteiger partial charge in [0.1, 0.15) is 0 Å². The molecule has 0 radical (unpaired) electrons. The summed E-state index contributed by atoms with van der Waals surface area (Å²) in [5, 5.41) is 12.2. The van der Waals surface area contributed by atoms with E-state index in [-0.39, 0.29) is 24.1 Å². The van der Waals surface area contributed by atoms with Gasteiger partial charge in [-0.15, -0.1) is 10.2 Å². The second kappa shape index (κ2) is 9.02. The minimum Gasteiger partial charge on any atom is -0.336 e. The Labute approximate surface area is 182 Å². The molecule has 2 amide bonds. The molecule has 1 aromatic carbocycles. The summed E-state index contributed by atoms with van der Waals surface area (Å²) in [6.07, 6.45) is 1.64. The van der Waals surface area contributed by atoms with Gasteiger partial charge in [0, 0.05) is 18.9 Å². The smallest absolute Gasteiger partial charge is 0.243 e. The van der Waals surface area contributed by atoms with E-state index in [0.717, 1.165) is 16.8 Å². The largest absolute Gasteiger partial charge is 0.336 e. The number of aryl methyl sites for hydroxylation is 2. The number of amides is 2.